The Morgan fingerprint density at radius 2 is 2.12 bits per heavy atom. The summed E-state index contributed by atoms with van der Waals surface area (Å²) in [5, 5.41) is 3.40. The van der Waals surface area contributed by atoms with Gasteiger partial charge in [-0.15, -0.1) is 0 Å². The maximum atomic E-state index is 5.24. The third-order valence-electron chi connectivity index (χ3n) is 2.32. The number of halogens is 1. The minimum atomic E-state index is 0.380. The molecule has 1 N–H and O–H groups in total. The van der Waals surface area contributed by atoms with Crippen molar-refractivity contribution in [1.29, 1.82) is 0 Å². The molecule has 1 unspecified atom stereocenters. The van der Waals surface area contributed by atoms with Gasteiger partial charge < -0.3 is 14.8 Å². The number of hydrogen-bond donors (Lipinski definition) is 1. The zero-order valence-electron chi connectivity index (χ0n) is 9.92. The maximum Gasteiger partial charge on any atom is 0.135 e. The Labute approximate surface area is 105 Å². The predicted octanol–water partition coefficient (Wildman–Crippen LogP) is 3.29. The first-order chi connectivity index (χ1) is 7.67. The van der Waals surface area contributed by atoms with Gasteiger partial charge in [-0.25, -0.2) is 0 Å². The first-order valence-electron chi connectivity index (χ1n) is 5.26. The third-order valence-corrected chi connectivity index (χ3v) is 2.97. The van der Waals surface area contributed by atoms with Gasteiger partial charge in [0.05, 0.1) is 11.6 Å². The molecule has 0 aliphatic carbocycles. The molecule has 4 heteroatoms. The molecule has 0 radical (unpaired) electrons. The molecule has 90 valence electrons. The van der Waals surface area contributed by atoms with Gasteiger partial charge in [0.25, 0.3) is 0 Å². The molecule has 1 aromatic carbocycles. The smallest absolute Gasteiger partial charge is 0.135 e. The van der Waals surface area contributed by atoms with Crippen LogP contribution in [0.1, 0.15) is 13.3 Å². The normalized spacial score (nSPS) is 12.2. The van der Waals surface area contributed by atoms with Crippen molar-refractivity contribution in [2.45, 2.75) is 19.4 Å². The Hall–Kier alpha value is -0.740. The third kappa shape index (κ3) is 4.02. The fraction of sp³-hybridized carbons (Fsp3) is 0.500. The van der Waals surface area contributed by atoms with Crippen LogP contribution in [0.15, 0.2) is 22.7 Å². The lowest BCUT2D eigenvalue weighted by Gasteiger charge is -2.15. The van der Waals surface area contributed by atoms with Gasteiger partial charge in [0, 0.05) is 31.5 Å². The van der Waals surface area contributed by atoms with Gasteiger partial charge in [-0.2, -0.15) is 0 Å². The van der Waals surface area contributed by atoms with Crippen LogP contribution in [-0.2, 0) is 4.74 Å². The average Bonchev–Trinajstić information content (AvgIpc) is 2.29. The Morgan fingerprint density at radius 3 is 2.75 bits per heavy atom. The molecular weight excluding hydrogens is 270 g/mol. The molecule has 0 fully saturated rings. The van der Waals surface area contributed by atoms with E-state index in [-0.39, 0.29) is 0 Å². The second-order valence-corrected chi connectivity index (χ2v) is 4.53. The minimum Gasteiger partial charge on any atom is -0.495 e. The molecule has 0 bridgehead atoms. The van der Waals surface area contributed by atoms with Gasteiger partial charge in [-0.1, -0.05) is 0 Å². The van der Waals surface area contributed by atoms with Gasteiger partial charge in [-0.3, -0.25) is 0 Å². The van der Waals surface area contributed by atoms with E-state index in [0.29, 0.717) is 6.04 Å². The molecule has 0 aliphatic rings. The van der Waals surface area contributed by atoms with E-state index in [1.165, 1.54) is 0 Å². The minimum absolute atomic E-state index is 0.380. The van der Waals surface area contributed by atoms with Crippen LogP contribution in [0.4, 0.5) is 5.69 Å². The van der Waals surface area contributed by atoms with Crippen molar-refractivity contribution in [2.24, 2.45) is 0 Å². The Balaban J connectivity index is 2.59. The van der Waals surface area contributed by atoms with Gasteiger partial charge in [0.1, 0.15) is 5.75 Å². The summed E-state index contributed by atoms with van der Waals surface area (Å²) in [5.74, 6) is 0.837. The fourth-order valence-electron chi connectivity index (χ4n) is 1.40. The highest BCUT2D eigenvalue weighted by Crippen LogP contribution is 2.28. The Morgan fingerprint density at radius 1 is 1.38 bits per heavy atom. The molecule has 0 aromatic heterocycles. The van der Waals surface area contributed by atoms with Gasteiger partial charge in [-0.05, 0) is 41.4 Å². The van der Waals surface area contributed by atoms with Crippen LogP contribution in [0, 0.1) is 0 Å². The summed E-state index contributed by atoms with van der Waals surface area (Å²) in [5.41, 5.74) is 1.06. The van der Waals surface area contributed by atoms with E-state index in [2.05, 4.69) is 28.2 Å². The summed E-state index contributed by atoms with van der Waals surface area (Å²) in [6.07, 6.45) is 0.981. The first-order valence-corrected chi connectivity index (χ1v) is 6.05. The van der Waals surface area contributed by atoms with Crippen molar-refractivity contribution in [3.63, 3.8) is 0 Å². The molecule has 0 spiro atoms. The molecule has 3 nitrogen and oxygen atoms in total. The second kappa shape index (κ2) is 6.76. The van der Waals surface area contributed by atoms with Crippen LogP contribution in [0.5, 0.6) is 5.75 Å². The number of methoxy groups -OCH3 is 2. The van der Waals surface area contributed by atoms with E-state index in [1.54, 1.807) is 14.2 Å². The van der Waals surface area contributed by atoms with E-state index >= 15 is 0 Å². The molecule has 0 amide bonds. The number of anilines is 1. The molecule has 0 heterocycles. The van der Waals surface area contributed by atoms with E-state index in [4.69, 9.17) is 9.47 Å². The zero-order chi connectivity index (χ0) is 12.0. The summed E-state index contributed by atoms with van der Waals surface area (Å²) in [4.78, 5) is 0. The summed E-state index contributed by atoms with van der Waals surface area (Å²) in [6, 6.07) is 6.36. The van der Waals surface area contributed by atoms with Gasteiger partial charge in [0.15, 0.2) is 0 Å². The molecule has 0 saturated heterocycles. The lowest BCUT2D eigenvalue weighted by Crippen LogP contribution is -2.17. The summed E-state index contributed by atoms with van der Waals surface area (Å²) in [7, 11) is 3.38. The lowest BCUT2D eigenvalue weighted by atomic mass is 10.2. The van der Waals surface area contributed by atoms with Crippen LogP contribution in [0.3, 0.4) is 0 Å². The monoisotopic (exact) mass is 287 g/mol. The molecule has 0 saturated carbocycles. The van der Waals surface area contributed by atoms with Crippen molar-refractivity contribution in [1.82, 2.24) is 0 Å². The summed E-state index contributed by atoms with van der Waals surface area (Å²) >= 11 is 3.43. The highest BCUT2D eigenvalue weighted by atomic mass is 79.9. The molecule has 1 atom stereocenters. The van der Waals surface area contributed by atoms with E-state index < -0.39 is 0 Å². The van der Waals surface area contributed by atoms with Crippen LogP contribution in [0.2, 0.25) is 0 Å². The van der Waals surface area contributed by atoms with Gasteiger partial charge >= 0.3 is 0 Å². The molecule has 0 aliphatic heterocycles. The van der Waals surface area contributed by atoms with Crippen molar-refractivity contribution in [3.05, 3.63) is 22.7 Å². The lowest BCUT2D eigenvalue weighted by molar-refractivity contribution is 0.191. The SMILES string of the molecule is COCCC(C)Nc1ccc(Br)c(OC)c1. The van der Waals surface area contributed by atoms with E-state index in [1.807, 2.05) is 18.2 Å². The van der Waals surface area contributed by atoms with E-state index in [0.717, 1.165) is 28.9 Å². The number of hydrogen-bond acceptors (Lipinski definition) is 3. The van der Waals surface area contributed by atoms with Crippen molar-refractivity contribution < 1.29 is 9.47 Å². The van der Waals surface area contributed by atoms with Crippen molar-refractivity contribution >= 4 is 21.6 Å². The maximum absolute atomic E-state index is 5.24. The predicted molar refractivity (Wildman–Crippen MR) is 70.3 cm³/mol. The Bertz CT molecular complexity index is 331. The fourth-order valence-corrected chi connectivity index (χ4v) is 1.81. The van der Waals surface area contributed by atoms with Crippen LogP contribution >= 0.6 is 15.9 Å². The van der Waals surface area contributed by atoms with Crippen LogP contribution in [-0.4, -0.2) is 26.9 Å². The average molecular weight is 288 g/mol. The number of benzene rings is 1. The van der Waals surface area contributed by atoms with Crippen LogP contribution in [0.25, 0.3) is 0 Å². The number of nitrogens with one attached hydrogen (secondary N) is 1. The quantitative estimate of drug-likeness (QED) is 0.871. The number of rotatable bonds is 6. The zero-order valence-corrected chi connectivity index (χ0v) is 11.5. The topological polar surface area (TPSA) is 30.5 Å². The highest BCUT2D eigenvalue weighted by molar-refractivity contribution is 9.10. The highest BCUT2D eigenvalue weighted by Gasteiger charge is 2.04. The second-order valence-electron chi connectivity index (χ2n) is 3.68. The molecule has 1 aromatic rings. The van der Waals surface area contributed by atoms with E-state index in [9.17, 15) is 0 Å². The molecular formula is C12H18BrNO2. The van der Waals surface area contributed by atoms with Crippen molar-refractivity contribution in [2.75, 3.05) is 26.1 Å². The summed E-state index contributed by atoms with van der Waals surface area (Å²) in [6.45, 7) is 2.90. The largest absolute Gasteiger partial charge is 0.495 e. The van der Waals surface area contributed by atoms with Gasteiger partial charge in [0.2, 0.25) is 0 Å². The summed E-state index contributed by atoms with van der Waals surface area (Å²) < 4.78 is 11.2. The standard InChI is InChI=1S/C12H18BrNO2/c1-9(6-7-15-2)14-10-4-5-11(13)12(8-10)16-3/h4-5,8-9,14H,6-7H2,1-3H3. The van der Waals surface area contributed by atoms with Crippen molar-refractivity contribution in [3.8, 4) is 5.75 Å². The Kier molecular flexibility index (Phi) is 5.63. The number of ether oxygens (including phenoxy) is 2. The molecule has 16 heavy (non-hydrogen) atoms. The van der Waals surface area contributed by atoms with Crippen LogP contribution < -0.4 is 10.1 Å². The molecule has 1 rings (SSSR count). The first kappa shape index (κ1) is 13.3.